The van der Waals surface area contributed by atoms with Crippen molar-refractivity contribution in [3.8, 4) is 5.69 Å². The van der Waals surface area contributed by atoms with E-state index in [0.717, 1.165) is 15.9 Å². The highest BCUT2D eigenvalue weighted by molar-refractivity contribution is 9.10. The fourth-order valence-electron chi connectivity index (χ4n) is 1.61. The van der Waals surface area contributed by atoms with E-state index in [1.807, 2.05) is 36.6 Å². The Balaban J connectivity index is 2.54. The van der Waals surface area contributed by atoms with Crippen LogP contribution in [0.25, 0.3) is 5.69 Å². The van der Waals surface area contributed by atoms with Crippen LogP contribution in [-0.2, 0) is 5.54 Å². The molecule has 0 radical (unpaired) electrons. The largest absolute Gasteiger partial charge is 0.321 e. The summed E-state index contributed by atoms with van der Waals surface area (Å²) in [7, 11) is 0. The number of benzene rings is 1. The molecule has 1 aromatic heterocycles. The maximum Gasteiger partial charge on any atom is 0.0994 e. The summed E-state index contributed by atoms with van der Waals surface area (Å²) in [4.78, 5) is 4.15. The Hall–Kier alpha value is -0.840. The van der Waals surface area contributed by atoms with Crippen LogP contribution in [0, 0.1) is 0 Å². The second-order valence-electron chi connectivity index (χ2n) is 4.47. The number of halogens is 2. The lowest BCUT2D eigenvalue weighted by Crippen LogP contribution is -2.31. The summed E-state index contributed by atoms with van der Waals surface area (Å²) in [6, 6.07) is 5.75. The molecule has 0 saturated heterocycles. The van der Waals surface area contributed by atoms with E-state index in [0.29, 0.717) is 5.02 Å². The molecule has 0 saturated carbocycles. The van der Waals surface area contributed by atoms with Gasteiger partial charge >= 0.3 is 0 Å². The van der Waals surface area contributed by atoms with E-state index in [2.05, 4.69) is 20.9 Å². The van der Waals surface area contributed by atoms with E-state index in [-0.39, 0.29) is 0 Å². The molecule has 0 unspecified atom stereocenters. The van der Waals surface area contributed by atoms with E-state index in [1.165, 1.54) is 0 Å². The van der Waals surface area contributed by atoms with Crippen molar-refractivity contribution in [2.24, 2.45) is 5.73 Å². The molecule has 0 spiro atoms. The van der Waals surface area contributed by atoms with Crippen molar-refractivity contribution in [3.63, 3.8) is 0 Å². The van der Waals surface area contributed by atoms with Crippen LogP contribution in [0.2, 0.25) is 5.02 Å². The van der Waals surface area contributed by atoms with Crippen molar-refractivity contribution in [1.29, 1.82) is 0 Å². The first kappa shape index (κ1) is 12.6. The number of imidazole rings is 1. The summed E-state index contributed by atoms with van der Waals surface area (Å²) in [5.41, 5.74) is 7.54. The third-order valence-electron chi connectivity index (χ3n) is 2.48. The van der Waals surface area contributed by atoms with Crippen molar-refractivity contribution in [2.45, 2.75) is 19.4 Å². The first-order valence-electron chi connectivity index (χ1n) is 5.17. The molecule has 0 aliphatic rings. The molecular weight excluding hydrogens is 302 g/mol. The maximum absolute atomic E-state index is 6.10. The number of aromatic nitrogens is 2. The van der Waals surface area contributed by atoms with Gasteiger partial charge in [0, 0.05) is 10.2 Å². The Bertz CT molecular complexity index is 543. The SMILES string of the molecule is CC(C)(N)c1cncn1-c1ccc(Br)c(Cl)c1. The molecular formula is C12H13BrClN3. The third kappa shape index (κ3) is 2.54. The van der Waals surface area contributed by atoms with Crippen molar-refractivity contribution in [1.82, 2.24) is 9.55 Å². The highest BCUT2D eigenvalue weighted by Crippen LogP contribution is 2.27. The number of rotatable bonds is 2. The van der Waals surface area contributed by atoms with Crippen LogP contribution in [0.5, 0.6) is 0 Å². The van der Waals surface area contributed by atoms with Crippen LogP contribution in [-0.4, -0.2) is 9.55 Å². The molecule has 0 aliphatic carbocycles. The van der Waals surface area contributed by atoms with E-state index >= 15 is 0 Å². The standard InChI is InChI=1S/C12H13BrClN3/c1-12(2,15)11-6-16-7-17(11)8-3-4-9(13)10(14)5-8/h3-7H,15H2,1-2H3. The highest BCUT2D eigenvalue weighted by atomic mass is 79.9. The Labute approximate surface area is 114 Å². The quantitative estimate of drug-likeness (QED) is 0.922. The summed E-state index contributed by atoms with van der Waals surface area (Å²) < 4.78 is 2.81. The zero-order valence-electron chi connectivity index (χ0n) is 9.61. The first-order chi connectivity index (χ1) is 7.89. The number of nitrogens with two attached hydrogens (primary N) is 1. The van der Waals surface area contributed by atoms with E-state index in [1.54, 1.807) is 12.5 Å². The van der Waals surface area contributed by atoms with Gasteiger partial charge in [0.15, 0.2) is 0 Å². The molecule has 17 heavy (non-hydrogen) atoms. The second kappa shape index (κ2) is 4.44. The van der Waals surface area contributed by atoms with Crippen LogP contribution >= 0.6 is 27.5 Å². The van der Waals surface area contributed by atoms with Gasteiger partial charge in [0.1, 0.15) is 0 Å². The molecule has 0 fully saturated rings. The Morgan fingerprint density at radius 3 is 2.71 bits per heavy atom. The molecule has 5 heteroatoms. The van der Waals surface area contributed by atoms with Gasteiger partial charge in [-0.1, -0.05) is 11.6 Å². The lowest BCUT2D eigenvalue weighted by molar-refractivity contribution is 0.524. The van der Waals surface area contributed by atoms with Crippen molar-refractivity contribution < 1.29 is 0 Å². The summed E-state index contributed by atoms with van der Waals surface area (Å²) in [5.74, 6) is 0. The summed E-state index contributed by atoms with van der Waals surface area (Å²) in [5, 5.41) is 0.664. The number of nitrogens with zero attached hydrogens (tertiary/aromatic N) is 2. The maximum atomic E-state index is 6.10. The Morgan fingerprint density at radius 2 is 2.12 bits per heavy atom. The minimum atomic E-state index is -0.448. The normalized spacial score (nSPS) is 11.8. The monoisotopic (exact) mass is 313 g/mol. The third-order valence-corrected chi connectivity index (χ3v) is 3.71. The molecule has 0 bridgehead atoms. The van der Waals surface area contributed by atoms with Gasteiger partial charge in [-0.2, -0.15) is 0 Å². The molecule has 2 N–H and O–H groups in total. The molecule has 1 aromatic carbocycles. The minimum absolute atomic E-state index is 0.448. The molecule has 90 valence electrons. The predicted octanol–water partition coefficient (Wildman–Crippen LogP) is 3.48. The molecule has 2 rings (SSSR count). The molecule has 0 aliphatic heterocycles. The molecule has 3 nitrogen and oxygen atoms in total. The minimum Gasteiger partial charge on any atom is -0.321 e. The van der Waals surface area contributed by atoms with Crippen LogP contribution in [0.1, 0.15) is 19.5 Å². The van der Waals surface area contributed by atoms with Gasteiger partial charge < -0.3 is 10.3 Å². The van der Waals surface area contributed by atoms with Gasteiger partial charge in [0.2, 0.25) is 0 Å². The van der Waals surface area contributed by atoms with Gasteiger partial charge in [-0.3, -0.25) is 0 Å². The average Bonchev–Trinajstić information content (AvgIpc) is 2.70. The van der Waals surface area contributed by atoms with E-state index in [9.17, 15) is 0 Å². The lowest BCUT2D eigenvalue weighted by Gasteiger charge is -2.20. The van der Waals surface area contributed by atoms with Crippen molar-refractivity contribution in [3.05, 3.63) is 45.9 Å². The van der Waals surface area contributed by atoms with Gasteiger partial charge in [-0.05, 0) is 48.0 Å². The highest BCUT2D eigenvalue weighted by Gasteiger charge is 2.19. The number of hydrogen-bond donors (Lipinski definition) is 1. The summed E-state index contributed by atoms with van der Waals surface area (Å²) in [6.45, 7) is 3.89. The molecule has 2 aromatic rings. The van der Waals surface area contributed by atoms with Crippen LogP contribution in [0.3, 0.4) is 0 Å². The molecule has 0 atom stereocenters. The zero-order valence-corrected chi connectivity index (χ0v) is 12.0. The van der Waals surface area contributed by atoms with Gasteiger partial charge in [-0.25, -0.2) is 4.98 Å². The molecule has 1 heterocycles. The Kier molecular flexibility index (Phi) is 3.30. The summed E-state index contributed by atoms with van der Waals surface area (Å²) >= 11 is 9.45. The zero-order chi connectivity index (χ0) is 12.6. The van der Waals surface area contributed by atoms with E-state index < -0.39 is 5.54 Å². The smallest absolute Gasteiger partial charge is 0.0994 e. The van der Waals surface area contributed by atoms with Gasteiger partial charge in [0.05, 0.1) is 28.8 Å². The van der Waals surface area contributed by atoms with Crippen LogP contribution < -0.4 is 5.73 Å². The topological polar surface area (TPSA) is 43.8 Å². The predicted molar refractivity (Wildman–Crippen MR) is 73.5 cm³/mol. The van der Waals surface area contributed by atoms with Crippen LogP contribution in [0.15, 0.2) is 35.2 Å². The van der Waals surface area contributed by atoms with Crippen molar-refractivity contribution in [2.75, 3.05) is 0 Å². The fraction of sp³-hybridized carbons (Fsp3) is 0.250. The van der Waals surface area contributed by atoms with Gasteiger partial charge in [0.25, 0.3) is 0 Å². The number of hydrogen-bond acceptors (Lipinski definition) is 2. The second-order valence-corrected chi connectivity index (χ2v) is 5.73. The lowest BCUT2D eigenvalue weighted by atomic mass is 10.0. The van der Waals surface area contributed by atoms with E-state index in [4.69, 9.17) is 17.3 Å². The average molecular weight is 315 g/mol. The van der Waals surface area contributed by atoms with Crippen molar-refractivity contribution >= 4 is 27.5 Å². The first-order valence-corrected chi connectivity index (χ1v) is 6.34. The van der Waals surface area contributed by atoms with Crippen LogP contribution in [0.4, 0.5) is 0 Å². The summed E-state index contributed by atoms with van der Waals surface area (Å²) in [6.07, 6.45) is 3.51. The molecule has 0 amide bonds. The Morgan fingerprint density at radius 1 is 1.41 bits per heavy atom. The van der Waals surface area contributed by atoms with Gasteiger partial charge in [-0.15, -0.1) is 0 Å². The fourth-order valence-corrected chi connectivity index (χ4v) is 2.03.